The number of nitrogens with zero attached hydrogens (tertiary/aromatic N) is 5. The highest BCUT2D eigenvalue weighted by Crippen LogP contribution is 2.48. The number of rotatable bonds is 3. The van der Waals surface area contributed by atoms with Gasteiger partial charge in [-0.25, -0.2) is 4.79 Å². The molecule has 0 saturated carbocycles. The molecule has 1 saturated heterocycles. The minimum atomic E-state index is -0.707. The molecule has 1 aromatic carbocycles. The molecule has 0 unspecified atom stereocenters. The van der Waals surface area contributed by atoms with Crippen molar-refractivity contribution in [3.05, 3.63) is 83.7 Å². The Morgan fingerprint density at radius 2 is 1.89 bits per heavy atom. The van der Waals surface area contributed by atoms with E-state index in [4.69, 9.17) is 21.3 Å². The molecule has 2 aliphatic rings. The van der Waals surface area contributed by atoms with E-state index in [2.05, 4.69) is 9.97 Å². The lowest BCUT2D eigenvalue weighted by atomic mass is 9.74. The highest BCUT2D eigenvalue weighted by molar-refractivity contribution is 6.31. The van der Waals surface area contributed by atoms with Crippen LogP contribution in [0.15, 0.2) is 67.4 Å². The average molecular weight is 514 g/mol. The predicted octanol–water partition coefficient (Wildman–Crippen LogP) is 4.99. The first-order chi connectivity index (χ1) is 18.0. The maximum absolute atomic E-state index is 14.2. The maximum Gasteiger partial charge on any atom is 0.409 e. The molecule has 0 atom stereocenters. The van der Waals surface area contributed by atoms with Crippen LogP contribution in [0, 0.1) is 0 Å². The van der Waals surface area contributed by atoms with Crippen molar-refractivity contribution in [3.8, 4) is 11.1 Å². The first kappa shape index (κ1) is 23.4. The molecule has 0 radical (unpaired) electrons. The van der Waals surface area contributed by atoms with Gasteiger partial charge in [0.25, 0.3) is 0 Å². The molecule has 4 aromatic rings. The van der Waals surface area contributed by atoms with Crippen LogP contribution in [0.4, 0.5) is 10.5 Å². The lowest BCUT2D eigenvalue weighted by Gasteiger charge is -2.37. The number of hydrogen-bond acceptors (Lipinski definition) is 6. The smallest absolute Gasteiger partial charge is 0.409 e. The zero-order chi connectivity index (χ0) is 25.6. The summed E-state index contributed by atoms with van der Waals surface area (Å²) >= 11 is 6.26. The third kappa shape index (κ3) is 3.79. The Kier molecular flexibility index (Phi) is 5.76. The second kappa shape index (κ2) is 9.12. The molecule has 8 nitrogen and oxygen atoms in total. The number of pyridine rings is 3. The van der Waals surface area contributed by atoms with Crippen LogP contribution in [0.1, 0.15) is 24.1 Å². The van der Waals surface area contributed by atoms with Gasteiger partial charge < -0.3 is 14.5 Å². The van der Waals surface area contributed by atoms with Gasteiger partial charge >= 0.3 is 6.09 Å². The van der Waals surface area contributed by atoms with E-state index in [1.165, 1.54) is 7.11 Å². The maximum atomic E-state index is 14.2. The Balaban J connectivity index is 1.42. The van der Waals surface area contributed by atoms with Gasteiger partial charge in [0.1, 0.15) is 0 Å². The van der Waals surface area contributed by atoms with Gasteiger partial charge in [0.05, 0.1) is 36.6 Å². The predicted molar refractivity (Wildman–Crippen MR) is 140 cm³/mol. The summed E-state index contributed by atoms with van der Waals surface area (Å²) in [6.07, 6.45) is 9.48. The van der Waals surface area contributed by atoms with Crippen LogP contribution >= 0.6 is 11.6 Å². The molecule has 6 rings (SSSR count). The lowest BCUT2D eigenvalue weighted by molar-refractivity contribution is -0.124. The van der Waals surface area contributed by atoms with Crippen LogP contribution in [0.25, 0.3) is 21.9 Å². The SMILES string of the molecule is COC(=O)N1CCC2(CC1)C(=O)N(Cc1ncc3cc(Cl)ccc3c1-c1cccnc1)c1cnccc12. The number of carbonyl (C=O) groups is 2. The Morgan fingerprint density at radius 1 is 1.08 bits per heavy atom. The largest absolute Gasteiger partial charge is 0.453 e. The first-order valence-electron chi connectivity index (χ1n) is 12.1. The number of hydrogen-bond donors (Lipinski definition) is 0. The minimum absolute atomic E-state index is 0.00940. The number of halogens is 1. The van der Waals surface area contributed by atoms with E-state index in [1.807, 2.05) is 36.4 Å². The van der Waals surface area contributed by atoms with Gasteiger partial charge in [0, 0.05) is 59.4 Å². The third-order valence-corrected chi connectivity index (χ3v) is 7.73. The fourth-order valence-electron chi connectivity index (χ4n) is 5.67. The summed E-state index contributed by atoms with van der Waals surface area (Å²) in [6, 6.07) is 11.5. The Bertz CT molecular complexity index is 1520. The van der Waals surface area contributed by atoms with Gasteiger partial charge in [0.15, 0.2) is 0 Å². The summed E-state index contributed by atoms with van der Waals surface area (Å²) in [5, 5.41) is 2.53. The van der Waals surface area contributed by atoms with Gasteiger partial charge in [-0.15, -0.1) is 0 Å². The number of aromatic nitrogens is 3. The summed E-state index contributed by atoms with van der Waals surface area (Å²) in [5.74, 6) is 0.00940. The molecular formula is C28H24ClN5O3. The Morgan fingerprint density at radius 3 is 2.65 bits per heavy atom. The van der Waals surface area contributed by atoms with Gasteiger partial charge in [-0.3, -0.25) is 19.7 Å². The number of ether oxygens (including phenoxy) is 1. The monoisotopic (exact) mass is 513 g/mol. The zero-order valence-corrected chi connectivity index (χ0v) is 21.0. The fraction of sp³-hybridized carbons (Fsp3) is 0.250. The molecule has 3 aromatic heterocycles. The van der Waals surface area contributed by atoms with Crippen LogP contribution in [0.5, 0.6) is 0 Å². The zero-order valence-electron chi connectivity index (χ0n) is 20.2. The van der Waals surface area contributed by atoms with Crippen LogP contribution in [-0.2, 0) is 21.5 Å². The van der Waals surface area contributed by atoms with E-state index in [0.29, 0.717) is 31.0 Å². The number of fused-ring (bicyclic) bond motifs is 3. The number of anilines is 1. The minimum Gasteiger partial charge on any atom is -0.453 e. The molecule has 37 heavy (non-hydrogen) atoms. The van der Waals surface area contributed by atoms with Gasteiger partial charge in [-0.2, -0.15) is 0 Å². The van der Waals surface area contributed by atoms with Gasteiger partial charge in [-0.05, 0) is 48.1 Å². The average Bonchev–Trinajstić information content (AvgIpc) is 3.16. The normalized spacial score (nSPS) is 16.3. The Hall–Kier alpha value is -4.04. The van der Waals surface area contributed by atoms with E-state index < -0.39 is 5.41 Å². The lowest BCUT2D eigenvalue weighted by Crippen LogP contribution is -2.50. The van der Waals surface area contributed by atoms with Crippen molar-refractivity contribution in [2.24, 2.45) is 0 Å². The molecule has 9 heteroatoms. The fourth-order valence-corrected chi connectivity index (χ4v) is 5.85. The van der Waals surface area contributed by atoms with Crippen LogP contribution < -0.4 is 4.90 Å². The van der Waals surface area contributed by atoms with Crippen molar-refractivity contribution in [1.29, 1.82) is 0 Å². The van der Waals surface area contributed by atoms with Crippen LogP contribution in [0.3, 0.4) is 0 Å². The van der Waals surface area contributed by atoms with Gasteiger partial charge in [-0.1, -0.05) is 23.7 Å². The highest BCUT2D eigenvalue weighted by atomic mass is 35.5. The summed E-state index contributed by atoms with van der Waals surface area (Å²) in [4.78, 5) is 43.1. The number of carbonyl (C=O) groups excluding carboxylic acids is 2. The molecule has 0 bridgehead atoms. The molecule has 2 amide bonds. The van der Waals surface area contributed by atoms with E-state index in [-0.39, 0.29) is 18.5 Å². The van der Waals surface area contributed by atoms with Crippen molar-refractivity contribution < 1.29 is 14.3 Å². The standard InChI is InChI=1S/C28H24ClN5O3/c1-37-27(36)33-11-7-28(8-12-33)22-6-10-31-16-24(22)34(26(28)35)17-23-25(18-3-2-9-30-14-18)21-5-4-20(29)13-19(21)15-32-23/h2-6,9-10,13-16H,7-8,11-12,17H2,1H3. The highest BCUT2D eigenvalue weighted by Gasteiger charge is 2.52. The second-order valence-electron chi connectivity index (χ2n) is 9.38. The number of amides is 2. The molecule has 0 aliphatic carbocycles. The number of likely N-dealkylation sites (tertiary alicyclic amines) is 1. The third-order valence-electron chi connectivity index (χ3n) is 7.50. The van der Waals surface area contributed by atoms with Crippen LogP contribution in [0.2, 0.25) is 5.02 Å². The van der Waals surface area contributed by atoms with E-state index in [0.717, 1.165) is 38.8 Å². The molecule has 2 aliphatic heterocycles. The number of methoxy groups -OCH3 is 1. The Labute approximate surface area is 218 Å². The van der Waals surface area contributed by atoms with Crippen molar-refractivity contribution >= 4 is 40.1 Å². The quantitative estimate of drug-likeness (QED) is 0.383. The molecule has 5 heterocycles. The van der Waals surface area contributed by atoms with E-state index in [9.17, 15) is 9.59 Å². The topological polar surface area (TPSA) is 88.5 Å². The molecule has 1 fully saturated rings. The number of piperidine rings is 1. The molecular weight excluding hydrogens is 490 g/mol. The van der Waals surface area contributed by atoms with Crippen molar-refractivity contribution in [2.45, 2.75) is 24.8 Å². The van der Waals surface area contributed by atoms with E-state index in [1.54, 1.807) is 40.8 Å². The number of benzene rings is 1. The summed E-state index contributed by atoms with van der Waals surface area (Å²) < 4.78 is 4.89. The summed E-state index contributed by atoms with van der Waals surface area (Å²) in [6.45, 7) is 1.18. The van der Waals surface area contributed by atoms with Gasteiger partial charge in [0.2, 0.25) is 5.91 Å². The van der Waals surface area contributed by atoms with Crippen molar-refractivity contribution in [3.63, 3.8) is 0 Å². The van der Waals surface area contributed by atoms with Crippen molar-refractivity contribution in [2.75, 3.05) is 25.1 Å². The summed E-state index contributed by atoms with van der Waals surface area (Å²) in [5.41, 5.74) is 3.62. The van der Waals surface area contributed by atoms with Crippen LogP contribution in [-0.4, -0.2) is 52.1 Å². The first-order valence-corrected chi connectivity index (χ1v) is 12.5. The molecule has 0 N–H and O–H groups in total. The second-order valence-corrected chi connectivity index (χ2v) is 9.81. The van der Waals surface area contributed by atoms with Crippen molar-refractivity contribution in [1.82, 2.24) is 19.9 Å². The van der Waals surface area contributed by atoms with E-state index >= 15 is 0 Å². The molecule has 1 spiro atoms. The summed E-state index contributed by atoms with van der Waals surface area (Å²) in [7, 11) is 1.38. The molecule has 186 valence electrons.